The van der Waals surface area contributed by atoms with Gasteiger partial charge in [0.25, 0.3) is 0 Å². The maximum Gasteiger partial charge on any atom is 0.307 e. The van der Waals surface area contributed by atoms with E-state index in [4.69, 9.17) is 13.9 Å². The lowest BCUT2D eigenvalue weighted by molar-refractivity contribution is 0.0926. The second-order valence-corrected chi connectivity index (χ2v) is 5.20. The topological polar surface area (TPSA) is 73.1 Å². The molecule has 6 nitrogen and oxygen atoms in total. The zero-order valence-corrected chi connectivity index (χ0v) is 13.9. The van der Waals surface area contributed by atoms with Crippen molar-refractivity contribution in [1.82, 2.24) is 5.43 Å². The van der Waals surface area contributed by atoms with Gasteiger partial charge in [0.05, 0.1) is 24.9 Å². The highest BCUT2D eigenvalue weighted by molar-refractivity contribution is 9.10. The number of hydrogen-bond donors (Lipinski definition) is 1. The summed E-state index contributed by atoms with van der Waals surface area (Å²) in [6.45, 7) is 1.77. The van der Waals surface area contributed by atoms with Gasteiger partial charge in [0.1, 0.15) is 5.76 Å². The predicted molar refractivity (Wildman–Crippen MR) is 85.8 cm³/mol. The number of carbonyl (C=O) groups is 1. The van der Waals surface area contributed by atoms with Crippen molar-refractivity contribution in [2.24, 2.45) is 5.10 Å². The van der Waals surface area contributed by atoms with Gasteiger partial charge in [-0.05, 0) is 52.7 Å². The number of hydrazone groups is 1. The van der Waals surface area contributed by atoms with Crippen molar-refractivity contribution in [3.05, 3.63) is 45.8 Å². The third kappa shape index (κ3) is 3.67. The summed E-state index contributed by atoms with van der Waals surface area (Å²) in [6.07, 6.45) is 1.50. The molecule has 0 aliphatic rings. The van der Waals surface area contributed by atoms with Crippen LogP contribution in [0.3, 0.4) is 0 Å². The normalized spacial score (nSPS) is 10.7. The number of ether oxygens (including phenoxy) is 2. The van der Waals surface area contributed by atoms with Crippen molar-refractivity contribution >= 4 is 28.1 Å². The van der Waals surface area contributed by atoms with Gasteiger partial charge in [-0.2, -0.15) is 5.10 Å². The first-order valence-electron chi connectivity index (χ1n) is 6.36. The molecule has 2 rings (SSSR count). The Bertz CT molecular complexity index is 710. The van der Waals surface area contributed by atoms with Crippen LogP contribution >= 0.6 is 15.9 Å². The summed E-state index contributed by atoms with van der Waals surface area (Å²) in [7, 11) is 3.11. The quantitative estimate of drug-likeness (QED) is 0.651. The van der Waals surface area contributed by atoms with Gasteiger partial charge in [0.15, 0.2) is 17.3 Å². The first-order valence-corrected chi connectivity index (χ1v) is 7.15. The summed E-state index contributed by atoms with van der Waals surface area (Å²) < 4.78 is 16.4. The minimum atomic E-state index is -0.413. The molecule has 0 atom stereocenters. The number of rotatable bonds is 5. The van der Waals surface area contributed by atoms with E-state index in [1.54, 1.807) is 45.4 Å². The van der Waals surface area contributed by atoms with E-state index in [-0.39, 0.29) is 5.76 Å². The van der Waals surface area contributed by atoms with E-state index in [1.165, 1.54) is 6.21 Å². The molecule has 0 fully saturated rings. The maximum atomic E-state index is 11.8. The van der Waals surface area contributed by atoms with E-state index < -0.39 is 5.91 Å². The van der Waals surface area contributed by atoms with Crippen molar-refractivity contribution in [3.63, 3.8) is 0 Å². The van der Waals surface area contributed by atoms with Crippen molar-refractivity contribution in [3.8, 4) is 11.5 Å². The first kappa shape index (κ1) is 16.1. The fraction of sp³-hybridized carbons (Fsp3) is 0.200. The van der Waals surface area contributed by atoms with Gasteiger partial charge in [0, 0.05) is 0 Å². The third-order valence-electron chi connectivity index (χ3n) is 2.80. The van der Waals surface area contributed by atoms with Crippen molar-refractivity contribution in [2.45, 2.75) is 6.92 Å². The van der Waals surface area contributed by atoms with Crippen LogP contribution in [0.1, 0.15) is 21.9 Å². The molecular formula is C15H15BrN2O4. The average Bonchev–Trinajstić information content (AvgIpc) is 2.93. The molecule has 0 saturated carbocycles. The van der Waals surface area contributed by atoms with Gasteiger partial charge in [-0.15, -0.1) is 0 Å². The van der Waals surface area contributed by atoms with Gasteiger partial charge in [0.2, 0.25) is 0 Å². The Hall–Kier alpha value is -2.28. The molecule has 2 aromatic rings. The number of halogens is 1. The number of hydrogen-bond acceptors (Lipinski definition) is 5. The van der Waals surface area contributed by atoms with E-state index in [1.807, 2.05) is 0 Å². The molecule has 1 amide bonds. The standard InChI is InChI=1S/C15H15BrN2O4/c1-9-4-5-12(22-9)15(19)18-17-8-10-6-11(16)14(21-3)13(7-10)20-2/h4-8H,1-3H3,(H,18,19)/b17-8-. The highest BCUT2D eigenvalue weighted by atomic mass is 79.9. The van der Waals surface area contributed by atoms with Crippen LogP contribution in [0.15, 0.2) is 38.3 Å². The number of carbonyl (C=O) groups excluding carboxylic acids is 1. The van der Waals surface area contributed by atoms with Crippen LogP contribution in [0.5, 0.6) is 11.5 Å². The fourth-order valence-corrected chi connectivity index (χ4v) is 2.41. The molecule has 7 heteroatoms. The summed E-state index contributed by atoms with van der Waals surface area (Å²) in [5.41, 5.74) is 3.13. The second kappa shape index (κ2) is 7.13. The molecule has 0 bridgehead atoms. The number of amides is 1. The Morgan fingerprint density at radius 1 is 1.32 bits per heavy atom. The third-order valence-corrected chi connectivity index (χ3v) is 3.39. The molecular weight excluding hydrogens is 352 g/mol. The molecule has 1 heterocycles. The highest BCUT2D eigenvalue weighted by Crippen LogP contribution is 2.35. The second-order valence-electron chi connectivity index (χ2n) is 4.35. The van der Waals surface area contributed by atoms with Crippen molar-refractivity contribution in [2.75, 3.05) is 14.2 Å². The summed E-state index contributed by atoms with van der Waals surface area (Å²) in [5, 5.41) is 3.90. The Balaban J connectivity index is 2.10. The molecule has 0 radical (unpaired) electrons. The molecule has 116 valence electrons. The number of furan rings is 1. The zero-order chi connectivity index (χ0) is 16.1. The molecule has 0 spiro atoms. The highest BCUT2D eigenvalue weighted by Gasteiger charge is 2.10. The van der Waals surface area contributed by atoms with Crippen molar-refractivity contribution < 1.29 is 18.7 Å². The average molecular weight is 367 g/mol. The number of aryl methyl sites for hydroxylation is 1. The first-order chi connectivity index (χ1) is 10.5. The molecule has 0 unspecified atom stereocenters. The van der Waals surface area contributed by atoms with Crippen LogP contribution in [-0.4, -0.2) is 26.3 Å². The van der Waals surface area contributed by atoms with Gasteiger partial charge in [-0.1, -0.05) is 0 Å². The number of nitrogens with zero attached hydrogens (tertiary/aromatic N) is 1. The number of nitrogens with one attached hydrogen (secondary N) is 1. The van der Waals surface area contributed by atoms with Crippen molar-refractivity contribution in [1.29, 1.82) is 0 Å². The summed E-state index contributed by atoms with van der Waals surface area (Å²) in [6, 6.07) is 6.85. The maximum absolute atomic E-state index is 11.8. The lowest BCUT2D eigenvalue weighted by Gasteiger charge is -2.10. The monoisotopic (exact) mass is 366 g/mol. The summed E-state index contributed by atoms with van der Waals surface area (Å²) >= 11 is 3.39. The minimum absolute atomic E-state index is 0.211. The van der Waals surface area contributed by atoms with Gasteiger partial charge >= 0.3 is 5.91 Å². The van der Waals surface area contributed by atoms with E-state index in [0.717, 1.165) is 10.0 Å². The molecule has 1 aromatic carbocycles. The Labute approximate surface area is 136 Å². The Morgan fingerprint density at radius 3 is 2.68 bits per heavy atom. The minimum Gasteiger partial charge on any atom is -0.493 e. The molecule has 1 aromatic heterocycles. The van der Waals surface area contributed by atoms with E-state index in [0.29, 0.717) is 17.3 Å². The Kier molecular flexibility index (Phi) is 5.21. The van der Waals surface area contributed by atoms with Crippen LogP contribution < -0.4 is 14.9 Å². The van der Waals surface area contributed by atoms with Crippen LogP contribution in [0.25, 0.3) is 0 Å². The van der Waals surface area contributed by atoms with Gasteiger partial charge in [-0.25, -0.2) is 5.43 Å². The lowest BCUT2D eigenvalue weighted by atomic mass is 10.2. The largest absolute Gasteiger partial charge is 0.493 e. The lowest BCUT2D eigenvalue weighted by Crippen LogP contribution is -2.16. The van der Waals surface area contributed by atoms with Crippen LogP contribution in [-0.2, 0) is 0 Å². The van der Waals surface area contributed by atoms with E-state index in [9.17, 15) is 4.79 Å². The fourth-order valence-electron chi connectivity index (χ4n) is 1.79. The van der Waals surface area contributed by atoms with Crippen LogP contribution in [0.4, 0.5) is 0 Å². The molecule has 0 saturated heterocycles. The van der Waals surface area contributed by atoms with E-state index >= 15 is 0 Å². The molecule has 22 heavy (non-hydrogen) atoms. The van der Waals surface area contributed by atoms with Gasteiger partial charge in [-0.3, -0.25) is 4.79 Å². The molecule has 0 aliphatic carbocycles. The van der Waals surface area contributed by atoms with Gasteiger partial charge < -0.3 is 13.9 Å². The zero-order valence-electron chi connectivity index (χ0n) is 12.3. The predicted octanol–water partition coefficient (Wildman–Crippen LogP) is 3.13. The molecule has 1 N–H and O–H groups in total. The number of benzene rings is 1. The summed E-state index contributed by atoms with van der Waals surface area (Å²) in [4.78, 5) is 11.8. The van der Waals surface area contributed by atoms with Crippen LogP contribution in [0, 0.1) is 6.92 Å². The Morgan fingerprint density at radius 2 is 2.09 bits per heavy atom. The SMILES string of the molecule is COc1cc(/C=N\NC(=O)c2ccc(C)o2)cc(Br)c1OC. The smallest absolute Gasteiger partial charge is 0.307 e. The van der Waals surface area contributed by atoms with Crippen LogP contribution in [0.2, 0.25) is 0 Å². The molecule has 0 aliphatic heterocycles. The van der Waals surface area contributed by atoms with E-state index in [2.05, 4.69) is 26.5 Å². The number of methoxy groups -OCH3 is 2. The summed E-state index contributed by atoms with van der Waals surface area (Å²) in [5.74, 6) is 1.62.